The first kappa shape index (κ1) is 15.9. The molecular weight excluding hydrogens is 337 g/mol. The lowest BCUT2D eigenvalue weighted by Gasteiger charge is -2.09. The number of anilines is 1. The molecule has 0 spiro atoms. The van der Waals surface area contributed by atoms with Gasteiger partial charge in [0.2, 0.25) is 6.10 Å². The summed E-state index contributed by atoms with van der Waals surface area (Å²) < 4.78 is 14.9. The summed E-state index contributed by atoms with van der Waals surface area (Å²) in [5.74, 6) is -0.0583. The summed E-state index contributed by atoms with van der Waals surface area (Å²) in [7, 11) is 0. The van der Waals surface area contributed by atoms with E-state index in [0.717, 1.165) is 0 Å². The van der Waals surface area contributed by atoms with Crippen molar-refractivity contribution in [1.29, 1.82) is 0 Å². The second-order valence-electron chi connectivity index (χ2n) is 5.69. The quantitative estimate of drug-likeness (QED) is 0.783. The van der Waals surface area contributed by atoms with E-state index in [0.29, 0.717) is 22.8 Å². The number of halogens is 1. The molecule has 8 heteroatoms. The highest BCUT2D eigenvalue weighted by molar-refractivity contribution is 6.06. The molecule has 0 saturated heterocycles. The van der Waals surface area contributed by atoms with Gasteiger partial charge in [-0.3, -0.25) is 4.79 Å². The first-order valence-electron chi connectivity index (χ1n) is 7.94. The summed E-state index contributed by atoms with van der Waals surface area (Å²) in [4.78, 5) is 21.8. The summed E-state index contributed by atoms with van der Waals surface area (Å²) in [6, 6.07) is 11.3. The van der Waals surface area contributed by atoms with Gasteiger partial charge in [-0.25, -0.2) is 14.1 Å². The van der Waals surface area contributed by atoms with Gasteiger partial charge in [0.25, 0.3) is 5.91 Å². The summed E-state index contributed by atoms with van der Waals surface area (Å²) in [5.41, 5.74) is 1.68. The molecule has 0 unspecified atom stereocenters. The minimum absolute atomic E-state index is 0.272. The third-order valence-corrected chi connectivity index (χ3v) is 3.87. The number of hydrogen-bond acceptors (Lipinski definition) is 5. The molecule has 1 atom stereocenters. The van der Waals surface area contributed by atoms with E-state index in [-0.39, 0.29) is 18.1 Å². The third kappa shape index (κ3) is 3.30. The van der Waals surface area contributed by atoms with Gasteiger partial charge in [-0.2, -0.15) is 5.10 Å². The van der Waals surface area contributed by atoms with Crippen LogP contribution in [-0.4, -0.2) is 32.5 Å². The van der Waals surface area contributed by atoms with Gasteiger partial charge in [-0.1, -0.05) is 17.3 Å². The van der Waals surface area contributed by atoms with E-state index in [1.54, 1.807) is 47.4 Å². The molecule has 0 fully saturated rings. The van der Waals surface area contributed by atoms with Crippen molar-refractivity contribution in [3.63, 3.8) is 0 Å². The molecule has 1 aliphatic rings. The van der Waals surface area contributed by atoms with Gasteiger partial charge in [0, 0.05) is 24.4 Å². The topological polar surface area (TPSA) is 81.4 Å². The predicted molar refractivity (Wildman–Crippen MR) is 92.4 cm³/mol. The number of pyridine rings is 1. The summed E-state index contributed by atoms with van der Waals surface area (Å²) in [6.07, 6.45) is 4.48. The molecule has 1 N–H and O–H groups in total. The number of oxime groups is 1. The zero-order valence-electron chi connectivity index (χ0n) is 13.5. The zero-order chi connectivity index (χ0) is 17.9. The molecule has 0 aliphatic carbocycles. The Balaban J connectivity index is 1.39. The van der Waals surface area contributed by atoms with Gasteiger partial charge >= 0.3 is 0 Å². The van der Waals surface area contributed by atoms with Crippen LogP contribution in [0.3, 0.4) is 0 Å². The van der Waals surface area contributed by atoms with Crippen LogP contribution in [0.25, 0.3) is 5.82 Å². The van der Waals surface area contributed by atoms with Gasteiger partial charge in [-0.05, 0) is 30.3 Å². The van der Waals surface area contributed by atoms with E-state index < -0.39 is 6.10 Å². The normalized spacial score (nSPS) is 16.0. The van der Waals surface area contributed by atoms with E-state index >= 15 is 0 Å². The zero-order valence-corrected chi connectivity index (χ0v) is 13.5. The molecule has 1 amide bonds. The molecule has 0 radical (unpaired) electrons. The Labute approximate surface area is 148 Å². The van der Waals surface area contributed by atoms with Gasteiger partial charge < -0.3 is 10.2 Å². The summed E-state index contributed by atoms with van der Waals surface area (Å²) in [6.45, 7) is 0. The van der Waals surface area contributed by atoms with Gasteiger partial charge in [-0.15, -0.1) is 0 Å². The Kier molecular flexibility index (Phi) is 4.14. The number of benzene rings is 1. The van der Waals surface area contributed by atoms with Crippen molar-refractivity contribution in [2.45, 2.75) is 12.5 Å². The summed E-state index contributed by atoms with van der Waals surface area (Å²) in [5, 5.41) is 10.7. The van der Waals surface area contributed by atoms with Crippen LogP contribution in [0.4, 0.5) is 10.1 Å². The van der Waals surface area contributed by atoms with Crippen molar-refractivity contribution in [2.24, 2.45) is 5.16 Å². The first-order chi connectivity index (χ1) is 12.7. The Morgan fingerprint density at radius 1 is 1.27 bits per heavy atom. The van der Waals surface area contributed by atoms with E-state index in [4.69, 9.17) is 4.84 Å². The molecule has 130 valence electrons. The molecule has 3 heterocycles. The number of nitrogens with one attached hydrogen (secondary N) is 1. The standard InChI is InChI=1S/C18H14FN5O2/c19-13-4-1-3-12(9-13)15-10-16(26-23-15)18(25)22-14-5-6-17(20-11-14)24-8-2-7-21-24/h1-9,11,16H,10H2,(H,22,25)/t16-/m0/s1. The van der Waals surface area contributed by atoms with E-state index in [1.807, 2.05) is 0 Å². The molecule has 2 aromatic heterocycles. The van der Waals surface area contributed by atoms with Crippen LogP contribution >= 0.6 is 0 Å². The molecule has 0 bridgehead atoms. The maximum atomic E-state index is 13.3. The van der Waals surface area contributed by atoms with E-state index in [9.17, 15) is 9.18 Å². The van der Waals surface area contributed by atoms with Gasteiger partial charge in [0.05, 0.1) is 17.6 Å². The second-order valence-corrected chi connectivity index (χ2v) is 5.69. The monoisotopic (exact) mass is 351 g/mol. The Morgan fingerprint density at radius 3 is 2.92 bits per heavy atom. The molecule has 26 heavy (non-hydrogen) atoms. The molecular formula is C18H14FN5O2. The number of aromatic nitrogens is 3. The fourth-order valence-electron chi connectivity index (χ4n) is 2.58. The highest BCUT2D eigenvalue weighted by atomic mass is 19.1. The van der Waals surface area contributed by atoms with Gasteiger partial charge in [0.1, 0.15) is 5.82 Å². The van der Waals surface area contributed by atoms with Crippen LogP contribution in [0.15, 0.2) is 66.2 Å². The number of carbonyl (C=O) groups excluding carboxylic acids is 1. The van der Waals surface area contributed by atoms with Crippen molar-refractivity contribution < 1.29 is 14.0 Å². The van der Waals surface area contributed by atoms with Crippen LogP contribution in [0.1, 0.15) is 12.0 Å². The van der Waals surface area contributed by atoms with Crippen molar-refractivity contribution >= 4 is 17.3 Å². The summed E-state index contributed by atoms with van der Waals surface area (Å²) >= 11 is 0. The lowest BCUT2D eigenvalue weighted by Crippen LogP contribution is -2.28. The van der Waals surface area contributed by atoms with E-state index in [1.165, 1.54) is 18.3 Å². The van der Waals surface area contributed by atoms with Crippen molar-refractivity contribution in [1.82, 2.24) is 14.8 Å². The Hall–Kier alpha value is -3.55. The van der Waals surface area contributed by atoms with Crippen molar-refractivity contribution in [3.8, 4) is 5.82 Å². The number of nitrogens with zero attached hydrogens (tertiary/aromatic N) is 4. The van der Waals surface area contributed by atoms with Crippen LogP contribution in [-0.2, 0) is 9.63 Å². The first-order valence-corrected chi connectivity index (χ1v) is 7.94. The van der Waals surface area contributed by atoms with Gasteiger partial charge in [0.15, 0.2) is 5.82 Å². The van der Waals surface area contributed by atoms with Crippen molar-refractivity contribution in [2.75, 3.05) is 5.32 Å². The van der Waals surface area contributed by atoms with Crippen LogP contribution < -0.4 is 5.32 Å². The van der Waals surface area contributed by atoms with E-state index in [2.05, 4.69) is 20.6 Å². The lowest BCUT2D eigenvalue weighted by molar-refractivity contribution is -0.125. The predicted octanol–water partition coefficient (Wildman–Crippen LogP) is 2.54. The van der Waals surface area contributed by atoms with Crippen molar-refractivity contribution in [3.05, 3.63) is 72.4 Å². The average molecular weight is 351 g/mol. The average Bonchev–Trinajstić information content (AvgIpc) is 3.35. The molecule has 4 rings (SSSR count). The molecule has 0 saturated carbocycles. The maximum Gasteiger partial charge on any atom is 0.268 e. The number of carbonyl (C=O) groups is 1. The number of hydrogen-bond donors (Lipinski definition) is 1. The largest absolute Gasteiger partial charge is 0.382 e. The van der Waals surface area contributed by atoms with Crippen LogP contribution in [0, 0.1) is 5.82 Å². The Morgan fingerprint density at radius 2 is 2.19 bits per heavy atom. The van der Waals surface area contributed by atoms with Crippen LogP contribution in [0.5, 0.6) is 0 Å². The minimum Gasteiger partial charge on any atom is -0.382 e. The Bertz CT molecular complexity index is 954. The highest BCUT2D eigenvalue weighted by Gasteiger charge is 2.29. The molecule has 7 nitrogen and oxygen atoms in total. The fraction of sp³-hybridized carbons (Fsp3) is 0.111. The smallest absolute Gasteiger partial charge is 0.268 e. The van der Waals surface area contributed by atoms with Crippen LogP contribution in [0.2, 0.25) is 0 Å². The highest BCUT2D eigenvalue weighted by Crippen LogP contribution is 2.19. The SMILES string of the molecule is O=C(Nc1ccc(-n2cccn2)nc1)[C@@H]1CC(c2cccc(F)c2)=NO1. The molecule has 1 aliphatic heterocycles. The number of amides is 1. The molecule has 3 aromatic rings. The lowest BCUT2D eigenvalue weighted by atomic mass is 10.0. The fourth-order valence-corrected chi connectivity index (χ4v) is 2.58. The second kappa shape index (κ2) is 6.75. The molecule has 1 aromatic carbocycles. The number of rotatable bonds is 4. The minimum atomic E-state index is -0.765. The maximum absolute atomic E-state index is 13.3. The third-order valence-electron chi connectivity index (χ3n) is 3.87.